The van der Waals surface area contributed by atoms with E-state index in [1.165, 1.54) is 35.9 Å². The average molecular weight is 435 g/mol. The number of hydrogen-bond acceptors (Lipinski definition) is 8. The number of aliphatic hydroxyl groups excluding tert-OH is 1. The lowest BCUT2D eigenvalue weighted by Gasteiger charge is -2.14. The van der Waals surface area contributed by atoms with Gasteiger partial charge in [0.05, 0.1) is 23.3 Å². The molecule has 0 spiro atoms. The zero-order chi connectivity index (χ0) is 22.0. The molecule has 3 N–H and O–H groups in total. The fourth-order valence-electron chi connectivity index (χ4n) is 2.92. The van der Waals surface area contributed by atoms with Gasteiger partial charge < -0.3 is 14.8 Å². The van der Waals surface area contributed by atoms with Crippen LogP contribution in [0.2, 0.25) is 0 Å². The molecule has 2 heterocycles. The number of carboxylic acids is 1. The van der Waals surface area contributed by atoms with Gasteiger partial charge in [-0.1, -0.05) is 23.9 Å². The van der Waals surface area contributed by atoms with Gasteiger partial charge in [0, 0.05) is 25.6 Å². The predicted octanol–water partition coefficient (Wildman–Crippen LogP) is 0.112. The third kappa shape index (κ3) is 4.41. The zero-order valence-electron chi connectivity index (χ0n) is 15.6. The number of carbonyl (C=O) groups is 1. The van der Waals surface area contributed by atoms with Crippen molar-refractivity contribution in [1.82, 2.24) is 19.1 Å². The number of aryl methyl sites for hydroxylation is 1. The summed E-state index contributed by atoms with van der Waals surface area (Å²) in [6.07, 6.45) is -0.880. The molecule has 2 aromatic heterocycles. The minimum atomic E-state index is -1.09. The van der Waals surface area contributed by atoms with Crippen LogP contribution in [0.25, 0.3) is 11.2 Å². The van der Waals surface area contributed by atoms with Gasteiger partial charge in [0.25, 0.3) is 11.2 Å². The largest absolute Gasteiger partial charge is 0.481 e. The second-order valence-electron chi connectivity index (χ2n) is 6.46. The van der Waals surface area contributed by atoms with Crippen LogP contribution < -0.4 is 11.2 Å². The number of fused-ring (bicyclic) bond motifs is 1. The number of aliphatic carboxylic acids is 1. The van der Waals surface area contributed by atoms with Crippen molar-refractivity contribution in [2.24, 2.45) is 7.05 Å². The number of imidazole rings is 1. The van der Waals surface area contributed by atoms with E-state index in [-0.39, 0.29) is 40.7 Å². The van der Waals surface area contributed by atoms with Crippen molar-refractivity contribution in [3.8, 4) is 0 Å². The lowest BCUT2D eigenvalue weighted by molar-refractivity contribution is -0.384. The molecule has 0 bridgehead atoms. The van der Waals surface area contributed by atoms with E-state index in [4.69, 9.17) is 5.11 Å². The number of thioether (sulfide) groups is 1. The van der Waals surface area contributed by atoms with Crippen molar-refractivity contribution in [3.05, 3.63) is 60.8 Å². The van der Waals surface area contributed by atoms with Gasteiger partial charge in [-0.25, -0.2) is 9.78 Å². The van der Waals surface area contributed by atoms with Crippen molar-refractivity contribution < 1.29 is 19.9 Å². The fourth-order valence-corrected chi connectivity index (χ4v) is 3.65. The van der Waals surface area contributed by atoms with E-state index in [0.717, 1.165) is 16.3 Å². The molecule has 3 aromatic rings. The fraction of sp³-hybridized carbons (Fsp3) is 0.294. The number of aromatic nitrogens is 4. The summed E-state index contributed by atoms with van der Waals surface area (Å²) in [6, 6.07) is 5.68. The van der Waals surface area contributed by atoms with Crippen LogP contribution in [0.15, 0.2) is 39.0 Å². The second-order valence-corrected chi connectivity index (χ2v) is 7.40. The highest BCUT2D eigenvalue weighted by atomic mass is 32.2. The molecule has 1 atom stereocenters. The lowest BCUT2D eigenvalue weighted by Crippen LogP contribution is -2.30. The van der Waals surface area contributed by atoms with Gasteiger partial charge in [-0.3, -0.25) is 29.3 Å². The summed E-state index contributed by atoms with van der Waals surface area (Å²) in [5.74, 6) is -1.42. The van der Waals surface area contributed by atoms with Crippen LogP contribution in [-0.2, 0) is 24.8 Å². The number of nitro groups is 1. The first-order valence-electron chi connectivity index (χ1n) is 8.63. The molecule has 0 unspecified atom stereocenters. The van der Waals surface area contributed by atoms with E-state index in [1.54, 1.807) is 0 Å². The molecule has 0 saturated heterocycles. The molecule has 0 aliphatic heterocycles. The number of aromatic amines is 1. The summed E-state index contributed by atoms with van der Waals surface area (Å²) in [5, 5.41) is 30.4. The summed E-state index contributed by atoms with van der Waals surface area (Å²) >= 11 is 0.856. The van der Waals surface area contributed by atoms with Crippen LogP contribution in [0.3, 0.4) is 0 Å². The Kier molecular flexibility index (Phi) is 6.03. The minimum absolute atomic E-state index is 0.0349. The van der Waals surface area contributed by atoms with Gasteiger partial charge in [0.15, 0.2) is 16.3 Å². The number of nitrogens with zero attached hydrogens (tertiary/aromatic N) is 4. The van der Waals surface area contributed by atoms with Crippen LogP contribution in [0.5, 0.6) is 0 Å². The average Bonchev–Trinajstić information content (AvgIpc) is 3.03. The van der Waals surface area contributed by atoms with Crippen LogP contribution in [0, 0.1) is 10.1 Å². The Hall–Kier alpha value is -3.45. The topological polar surface area (TPSA) is 173 Å². The molecule has 1 aromatic carbocycles. The van der Waals surface area contributed by atoms with E-state index < -0.39 is 28.2 Å². The monoisotopic (exact) mass is 435 g/mol. The first kappa shape index (κ1) is 21.3. The van der Waals surface area contributed by atoms with Crippen molar-refractivity contribution >= 4 is 34.6 Å². The van der Waals surface area contributed by atoms with Gasteiger partial charge in [-0.05, 0) is 5.56 Å². The molecule has 12 nitrogen and oxygen atoms in total. The third-order valence-electron chi connectivity index (χ3n) is 4.31. The van der Waals surface area contributed by atoms with Gasteiger partial charge in [-0.15, -0.1) is 0 Å². The molecule has 0 fully saturated rings. The molecule has 0 saturated carbocycles. The van der Waals surface area contributed by atoms with Gasteiger partial charge >= 0.3 is 11.7 Å². The highest BCUT2D eigenvalue weighted by molar-refractivity contribution is 7.99. The number of aliphatic hydroxyl groups is 1. The standard InChI is InChI=1S/C17H17N5O7S/c1-20-14-13(15(26)19-16(20)27)21(17(18-14)30-8-12(24)25)7-11(23)6-9-2-4-10(5-3-9)22(28)29/h2-5,11,23H,6-8H2,1H3,(H,24,25)(H,19,26,27)/t11-/m1/s1. The Bertz CT molecular complexity index is 1230. The van der Waals surface area contributed by atoms with Crippen molar-refractivity contribution in [1.29, 1.82) is 0 Å². The van der Waals surface area contributed by atoms with Crippen molar-refractivity contribution in [2.75, 3.05) is 5.75 Å². The van der Waals surface area contributed by atoms with E-state index in [9.17, 15) is 29.6 Å². The number of H-pyrrole nitrogens is 1. The Morgan fingerprint density at radius 1 is 1.33 bits per heavy atom. The van der Waals surface area contributed by atoms with E-state index in [0.29, 0.717) is 5.56 Å². The first-order chi connectivity index (χ1) is 14.2. The van der Waals surface area contributed by atoms with Crippen molar-refractivity contribution in [2.45, 2.75) is 24.2 Å². The molecule has 0 aliphatic carbocycles. The van der Waals surface area contributed by atoms with Gasteiger partial charge in [-0.2, -0.15) is 0 Å². The van der Waals surface area contributed by atoms with Crippen LogP contribution in [0.1, 0.15) is 5.56 Å². The number of rotatable bonds is 8. The lowest BCUT2D eigenvalue weighted by atomic mass is 10.1. The Labute approximate surface area is 171 Å². The third-order valence-corrected chi connectivity index (χ3v) is 5.27. The summed E-state index contributed by atoms with van der Waals surface area (Å²) in [5.41, 5.74) is -0.706. The molecule has 30 heavy (non-hydrogen) atoms. The maximum atomic E-state index is 12.4. The molecular weight excluding hydrogens is 418 g/mol. The number of hydrogen-bond donors (Lipinski definition) is 3. The van der Waals surface area contributed by atoms with Crippen LogP contribution in [-0.4, -0.2) is 52.1 Å². The van der Waals surface area contributed by atoms with Crippen molar-refractivity contribution in [3.63, 3.8) is 0 Å². The zero-order valence-corrected chi connectivity index (χ0v) is 16.5. The summed E-state index contributed by atoms with van der Waals surface area (Å²) in [6.45, 7) is -0.100. The number of non-ortho nitro benzene ring substituents is 1. The molecule has 3 rings (SSSR count). The highest BCUT2D eigenvalue weighted by Gasteiger charge is 2.21. The van der Waals surface area contributed by atoms with Crippen LogP contribution in [0.4, 0.5) is 5.69 Å². The molecule has 0 amide bonds. The Morgan fingerprint density at radius 3 is 2.60 bits per heavy atom. The first-order valence-corrected chi connectivity index (χ1v) is 9.61. The summed E-state index contributed by atoms with van der Waals surface area (Å²) in [7, 11) is 1.41. The number of carboxylic acid groups (broad SMARTS) is 1. The highest BCUT2D eigenvalue weighted by Crippen LogP contribution is 2.22. The van der Waals surface area contributed by atoms with Gasteiger partial charge in [0.1, 0.15) is 0 Å². The SMILES string of the molecule is Cn1c(=O)[nH]c(=O)c2c1nc(SCC(=O)O)n2C[C@H](O)Cc1ccc([N+](=O)[O-])cc1. The minimum Gasteiger partial charge on any atom is -0.481 e. The Morgan fingerprint density at radius 2 is 2.00 bits per heavy atom. The number of benzene rings is 1. The van der Waals surface area contributed by atoms with E-state index in [2.05, 4.69) is 9.97 Å². The molecule has 0 aliphatic rings. The maximum Gasteiger partial charge on any atom is 0.329 e. The van der Waals surface area contributed by atoms with Crippen LogP contribution >= 0.6 is 11.8 Å². The summed E-state index contributed by atoms with van der Waals surface area (Å²) < 4.78 is 2.50. The molecule has 0 radical (unpaired) electrons. The van der Waals surface area contributed by atoms with E-state index >= 15 is 0 Å². The Balaban J connectivity index is 1.94. The van der Waals surface area contributed by atoms with Gasteiger partial charge in [0.2, 0.25) is 0 Å². The summed E-state index contributed by atoms with van der Waals surface area (Å²) in [4.78, 5) is 51.7. The number of nitrogens with one attached hydrogen (secondary N) is 1. The molecular formula is C17H17N5O7S. The predicted molar refractivity (Wildman–Crippen MR) is 107 cm³/mol. The maximum absolute atomic E-state index is 12.4. The smallest absolute Gasteiger partial charge is 0.329 e. The van der Waals surface area contributed by atoms with E-state index in [1.807, 2.05) is 0 Å². The molecule has 158 valence electrons. The number of nitro benzene ring substituents is 1. The molecule has 13 heteroatoms. The second kappa shape index (κ2) is 8.51. The normalized spacial score (nSPS) is 12.2. The quantitative estimate of drug-likeness (QED) is 0.252.